The Morgan fingerprint density at radius 2 is 1.11 bits per heavy atom. The second-order valence-corrected chi connectivity index (χ2v) is 26.7. The lowest BCUT2D eigenvalue weighted by atomic mass is 9.80. The molecule has 1 N–H and O–H groups in total. The minimum absolute atomic E-state index is 0.00123. The SMILES string of the molecule is COc1ccc(C(OC[C@H]2O[C@@H](c3ccc(O[Si](C)(C)C(C)(C)C)c(O[Si](C)(C)C(C)(C)C)c3)C[C@@H]2O)(c2ccccc2)c2ccc(OC)cc2)cc1. The summed E-state index contributed by atoms with van der Waals surface area (Å²) in [7, 11) is -1.06. The summed E-state index contributed by atoms with van der Waals surface area (Å²) in [5, 5.41) is 11.6. The number of methoxy groups -OCH3 is 2. The molecule has 1 saturated heterocycles. The van der Waals surface area contributed by atoms with Crippen LogP contribution in [-0.4, -0.2) is 54.8 Å². The first-order chi connectivity index (χ1) is 24.8. The number of rotatable bonds is 13. The second-order valence-electron chi connectivity index (χ2n) is 17.2. The average molecular weight is 757 g/mol. The number of hydrogen-bond donors (Lipinski definition) is 1. The zero-order valence-corrected chi connectivity index (χ0v) is 35.8. The molecule has 5 rings (SSSR count). The van der Waals surface area contributed by atoms with E-state index in [1.807, 2.05) is 72.8 Å². The molecule has 3 atom stereocenters. The molecule has 1 aliphatic rings. The van der Waals surface area contributed by atoms with E-state index in [0.717, 1.165) is 45.3 Å². The van der Waals surface area contributed by atoms with Crippen molar-refractivity contribution in [1.29, 1.82) is 0 Å². The van der Waals surface area contributed by atoms with Gasteiger partial charge in [0.05, 0.1) is 33.0 Å². The standard InChI is InChI=1S/C44H60O7Si2/c1-42(2,3)52(9,10)50-38-27-18-31(28-40(38)51-53(11,12)43(4,5)6)39-29-37(45)41(49-39)30-48-44(32-16-14-13-15-17-32,33-19-23-35(46-7)24-20-33)34-21-25-36(47-8)26-22-34/h13-28,37,39,41,45H,29-30H2,1-12H3/t37-,39+,41+/m0/s1. The lowest BCUT2D eigenvalue weighted by Crippen LogP contribution is -2.45. The molecule has 4 aromatic rings. The van der Waals surface area contributed by atoms with Crippen molar-refractivity contribution in [2.45, 2.75) is 108 Å². The van der Waals surface area contributed by atoms with Crippen LogP contribution in [-0.2, 0) is 15.1 Å². The van der Waals surface area contributed by atoms with E-state index in [0.29, 0.717) is 6.42 Å². The molecular formula is C44H60O7Si2. The van der Waals surface area contributed by atoms with E-state index in [9.17, 15) is 5.11 Å². The van der Waals surface area contributed by atoms with Gasteiger partial charge in [-0.05, 0) is 94.9 Å². The van der Waals surface area contributed by atoms with Crippen molar-refractivity contribution in [2.24, 2.45) is 0 Å². The number of benzene rings is 4. The molecule has 0 aliphatic carbocycles. The van der Waals surface area contributed by atoms with Gasteiger partial charge in [-0.1, -0.05) is 102 Å². The summed E-state index contributed by atoms with van der Waals surface area (Å²) in [6.07, 6.45) is -1.24. The van der Waals surface area contributed by atoms with Crippen molar-refractivity contribution in [3.63, 3.8) is 0 Å². The number of hydrogen-bond acceptors (Lipinski definition) is 7. The van der Waals surface area contributed by atoms with Crippen LogP contribution in [0.15, 0.2) is 97.1 Å². The first kappa shape index (κ1) is 40.6. The van der Waals surface area contributed by atoms with Crippen molar-refractivity contribution in [2.75, 3.05) is 20.8 Å². The fourth-order valence-corrected chi connectivity index (χ4v) is 8.16. The first-order valence-corrected chi connectivity index (χ1v) is 24.5. The topological polar surface area (TPSA) is 75.6 Å². The minimum atomic E-state index is -2.22. The van der Waals surface area contributed by atoms with Gasteiger partial charge in [0.15, 0.2) is 0 Å². The van der Waals surface area contributed by atoms with E-state index < -0.39 is 34.4 Å². The highest BCUT2D eigenvalue weighted by Crippen LogP contribution is 2.47. The molecule has 1 heterocycles. The fourth-order valence-electron chi connectivity index (χ4n) is 6.12. The molecule has 1 fully saturated rings. The fraction of sp³-hybridized carbons (Fsp3) is 0.455. The van der Waals surface area contributed by atoms with Crippen molar-refractivity contribution in [3.05, 3.63) is 119 Å². The Balaban J connectivity index is 1.49. The van der Waals surface area contributed by atoms with Crippen LogP contribution in [0.25, 0.3) is 0 Å². The zero-order chi connectivity index (χ0) is 38.8. The molecule has 286 valence electrons. The predicted octanol–water partition coefficient (Wildman–Crippen LogP) is 10.7. The summed E-state index contributed by atoms with van der Waals surface area (Å²) in [5.74, 6) is 3.02. The van der Waals surface area contributed by atoms with Crippen molar-refractivity contribution < 1.29 is 32.9 Å². The third-order valence-electron chi connectivity index (χ3n) is 11.5. The van der Waals surface area contributed by atoms with Gasteiger partial charge in [0, 0.05) is 6.42 Å². The molecular weight excluding hydrogens is 697 g/mol. The van der Waals surface area contributed by atoms with Crippen LogP contribution in [0.3, 0.4) is 0 Å². The van der Waals surface area contributed by atoms with E-state index in [-0.39, 0.29) is 22.8 Å². The lowest BCUT2D eigenvalue weighted by Gasteiger charge is -2.40. The normalized spacial score (nSPS) is 18.5. The maximum atomic E-state index is 11.5. The summed E-state index contributed by atoms with van der Waals surface area (Å²) in [6, 6.07) is 32.2. The molecule has 4 aromatic carbocycles. The predicted molar refractivity (Wildman–Crippen MR) is 219 cm³/mol. The highest BCUT2D eigenvalue weighted by molar-refractivity contribution is 6.75. The maximum absolute atomic E-state index is 11.5. The monoisotopic (exact) mass is 756 g/mol. The first-order valence-electron chi connectivity index (χ1n) is 18.7. The van der Waals surface area contributed by atoms with Crippen LogP contribution in [0.5, 0.6) is 23.0 Å². The van der Waals surface area contributed by atoms with Gasteiger partial charge in [-0.2, -0.15) is 0 Å². The molecule has 0 bridgehead atoms. The Labute approximate surface area is 319 Å². The highest BCUT2D eigenvalue weighted by atomic mass is 28.4. The van der Waals surface area contributed by atoms with Gasteiger partial charge in [-0.25, -0.2) is 0 Å². The van der Waals surface area contributed by atoms with Gasteiger partial charge in [0.1, 0.15) is 34.7 Å². The number of ether oxygens (including phenoxy) is 4. The Kier molecular flexibility index (Phi) is 12.0. The quantitative estimate of drug-likeness (QED) is 0.108. The Morgan fingerprint density at radius 1 is 0.642 bits per heavy atom. The molecule has 0 aromatic heterocycles. The van der Waals surface area contributed by atoms with Crippen LogP contribution in [0.2, 0.25) is 36.3 Å². The largest absolute Gasteiger partial charge is 0.541 e. The van der Waals surface area contributed by atoms with Crippen molar-refractivity contribution in [3.8, 4) is 23.0 Å². The summed E-state index contributed by atoms with van der Waals surface area (Å²) in [6.45, 7) is 22.6. The Bertz CT molecular complexity index is 1750. The summed E-state index contributed by atoms with van der Waals surface area (Å²) < 4.78 is 38.6. The van der Waals surface area contributed by atoms with Crippen LogP contribution < -0.4 is 18.3 Å². The van der Waals surface area contributed by atoms with Gasteiger partial charge < -0.3 is 32.9 Å². The summed E-state index contributed by atoms with van der Waals surface area (Å²) in [5.41, 5.74) is 2.71. The van der Waals surface area contributed by atoms with Crippen LogP contribution in [0.4, 0.5) is 0 Å². The van der Waals surface area contributed by atoms with Crippen LogP contribution in [0, 0.1) is 0 Å². The molecule has 9 heteroatoms. The molecule has 0 saturated carbocycles. The zero-order valence-electron chi connectivity index (χ0n) is 33.8. The van der Waals surface area contributed by atoms with Gasteiger partial charge in [-0.15, -0.1) is 0 Å². The molecule has 0 radical (unpaired) electrons. The van der Waals surface area contributed by atoms with Crippen molar-refractivity contribution >= 4 is 16.6 Å². The number of aliphatic hydroxyl groups excluding tert-OH is 1. The molecule has 7 nitrogen and oxygen atoms in total. The molecule has 0 amide bonds. The maximum Gasteiger partial charge on any atom is 0.250 e. The summed E-state index contributed by atoms with van der Waals surface area (Å²) in [4.78, 5) is 0. The van der Waals surface area contributed by atoms with Crippen LogP contribution in [0.1, 0.15) is 76.3 Å². The lowest BCUT2D eigenvalue weighted by molar-refractivity contribution is -0.0828. The third kappa shape index (κ3) is 8.70. The number of aliphatic hydroxyl groups is 1. The second kappa shape index (κ2) is 15.6. The molecule has 0 spiro atoms. The van der Waals surface area contributed by atoms with E-state index in [1.165, 1.54) is 0 Å². The molecule has 53 heavy (non-hydrogen) atoms. The Hall–Kier alpha value is -3.61. The van der Waals surface area contributed by atoms with E-state index in [1.54, 1.807) is 14.2 Å². The minimum Gasteiger partial charge on any atom is -0.541 e. The smallest absolute Gasteiger partial charge is 0.250 e. The molecule has 0 unspecified atom stereocenters. The highest BCUT2D eigenvalue weighted by Gasteiger charge is 2.44. The van der Waals surface area contributed by atoms with Gasteiger partial charge in [-0.3, -0.25) is 0 Å². The van der Waals surface area contributed by atoms with E-state index in [2.05, 4.69) is 92.0 Å². The van der Waals surface area contributed by atoms with Gasteiger partial charge in [0.25, 0.3) is 16.6 Å². The van der Waals surface area contributed by atoms with Crippen LogP contribution >= 0.6 is 0 Å². The summed E-state index contributed by atoms with van der Waals surface area (Å²) >= 11 is 0. The third-order valence-corrected chi connectivity index (χ3v) is 20.2. The molecule has 1 aliphatic heterocycles. The van der Waals surface area contributed by atoms with Crippen molar-refractivity contribution in [1.82, 2.24) is 0 Å². The van der Waals surface area contributed by atoms with E-state index >= 15 is 0 Å². The van der Waals surface area contributed by atoms with E-state index in [4.69, 9.17) is 27.8 Å². The Morgan fingerprint density at radius 3 is 1.58 bits per heavy atom. The average Bonchev–Trinajstić information content (AvgIpc) is 3.49. The van der Waals surface area contributed by atoms with Gasteiger partial charge >= 0.3 is 0 Å². The van der Waals surface area contributed by atoms with Gasteiger partial charge in [0.2, 0.25) is 0 Å².